The van der Waals surface area contributed by atoms with Crippen molar-refractivity contribution in [2.24, 2.45) is 0 Å². The van der Waals surface area contributed by atoms with Gasteiger partial charge in [-0.05, 0) is 63.1 Å². The molecule has 0 radical (unpaired) electrons. The molecule has 0 saturated heterocycles. The molecule has 0 fully saturated rings. The summed E-state index contributed by atoms with van der Waals surface area (Å²) in [5, 5.41) is 0. The van der Waals surface area contributed by atoms with Crippen LogP contribution in [0.5, 0.6) is 0 Å². The fourth-order valence-corrected chi connectivity index (χ4v) is 5.18. The zero-order chi connectivity index (χ0) is 17.4. The number of rotatable bonds is 9. The van der Waals surface area contributed by atoms with Crippen molar-refractivity contribution in [2.45, 2.75) is 33.7 Å². The summed E-state index contributed by atoms with van der Waals surface area (Å²) in [5.41, 5.74) is 3.97. The molecule has 6 heteroatoms. The van der Waals surface area contributed by atoms with Crippen LogP contribution in [0.15, 0.2) is 36.7 Å². The zero-order valence-electron chi connectivity index (χ0n) is 14.9. The van der Waals surface area contributed by atoms with E-state index in [9.17, 15) is 0 Å². The minimum atomic E-state index is -2.72. The van der Waals surface area contributed by atoms with E-state index in [1.54, 1.807) is 12.4 Å². The number of pyridine rings is 2. The molecule has 0 aromatic carbocycles. The van der Waals surface area contributed by atoms with Crippen molar-refractivity contribution in [3.8, 4) is 11.4 Å². The van der Waals surface area contributed by atoms with Gasteiger partial charge >= 0.3 is 8.80 Å². The molecule has 0 saturated carbocycles. The molecule has 0 aliphatic heterocycles. The fraction of sp³-hybridized carbons (Fsp3) is 0.444. The Bertz CT molecular complexity index is 635. The second-order valence-electron chi connectivity index (χ2n) is 5.43. The molecule has 0 bridgehead atoms. The van der Waals surface area contributed by atoms with Gasteiger partial charge in [0.05, 0.1) is 11.4 Å². The number of hydrogen-bond acceptors (Lipinski definition) is 5. The zero-order valence-corrected chi connectivity index (χ0v) is 15.9. The maximum atomic E-state index is 5.94. The molecule has 0 spiro atoms. The van der Waals surface area contributed by atoms with E-state index in [1.807, 2.05) is 52.0 Å². The van der Waals surface area contributed by atoms with Gasteiger partial charge in [-0.3, -0.25) is 9.97 Å². The van der Waals surface area contributed by atoms with E-state index in [0.29, 0.717) is 25.9 Å². The van der Waals surface area contributed by atoms with Crippen LogP contribution in [0.1, 0.15) is 31.9 Å². The highest BCUT2D eigenvalue weighted by molar-refractivity contribution is 6.60. The van der Waals surface area contributed by atoms with Gasteiger partial charge in [0.1, 0.15) is 0 Å². The average Bonchev–Trinajstić information content (AvgIpc) is 2.56. The van der Waals surface area contributed by atoms with Crippen LogP contribution >= 0.6 is 0 Å². The molecular weight excluding hydrogens is 320 g/mol. The molecule has 2 heterocycles. The van der Waals surface area contributed by atoms with E-state index in [0.717, 1.165) is 22.5 Å². The third kappa shape index (κ3) is 4.94. The van der Waals surface area contributed by atoms with Gasteiger partial charge in [0.15, 0.2) is 0 Å². The predicted molar refractivity (Wildman–Crippen MR) is 96.5 cm³/mol. The molecule has 2 rings (SSSR count). The number of nitrogens with zero attached hydrogens (tertiary/aromatic N) is 2. The lowest BCUT2D eigenvalue weighted by Crippen LogP contribution is -2.48. The van der Waals surface area contributed by atoms with E-state index in [1.165, 1.54) is 0 Å². The summed E-state index contributed by atoms with van der Waals surface area (Å²) < 4.78 is 17.8. The monoisotopic (exact) mass is 346 g/mol. The summed E-state index contributed by atoms with van der Waals surface area (Å²) in [6.07, 6.45) is 3.61. The van der Waals surface area contributed by atoms with Crippen molar-refractivity contribution in [2.75, 3.05) is 19.8 Å². The SMILES string of the molecule is CCO[Si](Cc1ccnc(-c2cc(C)ccn2)c1)(OCC)OCC. The Hall–Kier alpha value is -1.60. The summed E-state index contributed by atoms with van der Waals surface area (Å²) in [6.45, 7) is 9.67. The molecule has 0 atom stereocenters. The van der Waals surface area contributed by atoms with Crippen LogP contribution in [0.4, 0.5) is 0 Å². The topological polar surface area (TPSA) is 53.5 Å². The first-order valence-electron chi connectivity index (χ1n) is 8.42. The van der Waals surface area contributed by atoms with Gasteiger partial charge in [-0.25, -0.2) is 0 Å². The molecule has 0 unspecified atom stereocenters. The van der Waals surface area contributed by atoms with E-state index in [2.05, 4.69) is 9.97 Å². The van der Waals surface area contributed by atoms with Gasteiger partial charge in [-0.1, -0.05) is 0 Å². The highest BCUT2D eigenvalue weighted by Gasteiger charge is 2.40. The van der Waals surface area contributed by atoms with Gasteiger partial charge in [0.2, 0.25) is 0 Å². The second-order valence-corrected chi connectivity index (χ2v) is 8.01. The summed E-state index contributed by atoms with van der Waals surface area (Å²) in [7, 11) is -2.72. The lowest BCUT2D eigenvalue weighted by atomic mass is 10.1. The van der Waals surface area contributed by atoms with E-state index >= 15 is 0 Å². The highest BCUT2D eigenvalue weighted by atomic mass is 28.4. The minimum Gasteiger partial charge on any atom is -0.374 e. The molecule has 0 N–H and O–H groups in total. The molecule has 24 heavy (non-hydrogen) atoms. The van der Waals surface area contributed by atoms with E-state index in [-0.39, 0.29) is 0 Å². The van der Waals surface area contributed by atoms with Crippen LogP contribution in [0.25, 0.3) is 11.4 Å². The fourth-order valence-electron chi connectivity index (χ4n) is 2.59. The molecular formula is C18H26N2O3Si. The maximum Gasteiger partial charge on any atom is 0.505 e. The Morgan fingerprint density at radius 2 is 1.38 bits per heavy atom. The minimum absolute atomic E-state index is 0.573. The van der Waals surface area contributed by atoms with Crippen molar-refractivity contribution < 1.29 is 13.3 Å². The molecule has 2 aromatic heterocycles. The Morgan fingerprint density at radius 1 is 0.833 bits per heavy atom. The summed E-state index contributed by atoms with van der Waals surface area (Å²) in [5.74, 6) is 0. The summed E-state index contributed by atoms with van der Waals surface area (Å²) >= 11 is 0. The first-order valence-corrected chi connectivity index (χ1v) is 10.4. The van der Waals surface area contributed by atoms with E-state index < -0.39 is 8.80 Å². The Balaban J connectivity index is 2.29. The average molecular weight is 347 g/mol. The normalized spacial score (nSPS) is 11.7. The van der Waals surface area contributed by atoms with Crippen LogP contribution in [0.2, 0.25) is 0 Å². The molecule has 130 valence electrons. The highest BCUT2D eigenvalue weighted by Crippen LogP contribution is 2.21. The maximum absolute atomic E-state index is 5.94. The molecule has 0 amide bonds. The van der Waals surface area contributed by atoms with E-state index in [4.69, 9.17) is 13.3 Å². The second kappa shape index (κ2) is 9.03. The van der Waals surface area contributed by atoms with Crippen molar-refractivity contribution in [1.82, 2.24) is 9.97 Å². The van der Waals surface area contributed by atoms with Gasteiger partial charge in [-0.2, -0.15) is 0 Å². The molecule has 0 aliphatic carbocycles. The third-order valence-corrected chi connectivity index (χ3v) is 6.54. The largest absolute Gasteiger partial charge is 0.505 e. The number of aromatic nitrogens is 2. The van der Waals surface area contributed by atoms with Crippen LogP contribution in [0, 0.1) is 6.92 Å². The van der Waals surface area contributed by atoms with Crippen LogP contribution < -0.4 is 0 Å². The van der Waals surface area contributed by atoms with Crippen LogP contribution in [-0.2, 0) is 19.3 Å². The van der Waals surface area contributed by atoms with Gasteiger partial charge in [0.25, 0.3) is 0 Å². The standard InChI is InChI=1S/C18H26N2O3Si/c1-5-21-24(22-6-2,23-7-3)14-16-9-11-20-18(13-16)17-12-15(4)8-10-19-17/h8-13H,5-7,14H2,1-4H3. The molecule has 2 aromatic rings. The Morgan fingerprint density at radius 3 is 1.92 bits per heavy atom. The lowest BCUT2D eigenvalue weighted by molar-refractivity contribution is 0.0704. The first-order chi connectivity index (χ1) is 11.6. The van der Waals surface area contributed by atoms with Gasteiger partial charge in [-0.15, -0.1) is 0 Å². The Labute approximate surface area is 145 Å². The molecule has 0 aliphatic rings. The quantitative estimate of drug-likeness (QED) is 0.650. The van der Waals surface area contributed by atoms with Crippen molar-refractivity contribution in [3.05, 3.63) is 47.8 Å². The van der Waals surface area contributed by atoms with Gasteiger partial charge < -0.3 is 13.3 Å². The third-order valence-electron chi connectivity index (χ3n) is 3.52. The number of hydrogen-bond donors (Lipinski definition) is 0. The predicted octanol–water partition coefficient (Wildman–Crippen LogP) is 3.58. The van der Waals surface area contributed by atoms with Gasteiger partial charge in [0, 0.05) is 38.3 Å². The summed E-state index contributed by atoms with van der Waals surface area (Å²) in [6, 6.07) is 8.66. The lowest BCUT2D eigenvalue weighted by Gasteiger charge is -2.28. The summed E-state index contributed by atoms with van der Waals surface area (Å²) in [4.78, 5) is 8.86. The first kappa shape index (κ1) is 18.7. The van der Waals surface area contributed by atoms with Crippen LogP contribution in [-0.4, -0.2) is 38.6 Å². The van der Waals surface area contributed by atoms with Crippen LogP contribution in [0.3, 0.4) is 0 Å². The Kier molecular flexibility index (Phi) is 7.05. The number of aryl methyl sites for hydroxylation is 1. The van der Waals surface area contributed by atoms with Crippen molar-refractivity contribution in [1.29, 1.82) is 0 Å². The van der Waals surface area contributed by atoms with Crippen molar-refractivity contribution in [3.63, 3.8) is 0 Å². The molecule has 5 nitrogen and oxygen atoms in total. The smallest absolute Gasteiger partial charge is 0.374 e. The van der Waals surface area contributed by atoms with Crippen molar-refractivity contribution >= 4 is 8.80 Å².